The van der Waals surface area contributed by atoms with Gasteiger partial charge < -0.3 is 11.1 Å². The Hall–Kier alpha value is -1.32. The van der Waals surface area contributed by atoms with E-state index < -0.39 is 0 Å². The van der Waals surface area contributed by atoms with Crippen LogP contribution < -0.4 is 11.1 Å². The summed E-state index contributed by atoms with van der Waals surface area (Å²) in [4.78, 5) is 8.42. The van der Waals surface area contributed by atoms with Crippen molar-refractivity contribution in [3.8, 4) is 0 Å². The highest BCUT2D eigenvalue weighted by Crippen LogP contribution is 2.27. The number of nitrogens with two attached hydrogens (primary N) is 1. The van der Waals surface area contributed by atoms with E-state index in [9.17, 15) is 0 Å². The lowest BCUT2D eigenvalue weighted by atomic mass is 10.0. The van der Waals surface area contributed by atoms with Crippen LogP contribution in [-0.4, -0.2) is 16.5 Å². The first-order valence-electron chi connectivity index (χ1n) is 4.58. The summed E-state index contributed by atoms with van der Waals surface area (Å²) in [5.41, 5.74) is 7.94. The van der Waals surface area contributed by atoms with Crippen molar-refractivity contribution < 1.29 is 0 Å². The number of nitrogen functional groups attached to an aromatic ring is 1. The second-order valence-corrected chi connectivity index (χ2v) is 3.63. The van der Waals surface area contributed by atoms with E-state index in [-0.39, 0.29) is 0 Å². The van der Waals surface area contributed by atoms with E-state index in [0.29, 0.717) is 11.9 Å². The predicted molar refractivity (Wildman–Crippen MR) is 52.7 cm³/mol. The standard InChI is InChI=1S/C9H14N4/c1-5(2)7-6-3-4-11-8(6)13-9(10)12-7/h5H,3-4H2,1-2H3,(H3,10,11,12,13). The van der Waals surface area contributed by atoms with Gasteiger partial charge >= 0.3 is 0 Å². The van der Waals surface area contributed by atoms with Crippen LogP contribution in [0.25, 0.3) is 0 Å². The average Bonchev–Trinajstić information content (AvgIpc) is 2.49. The Bertz CT molecular complexity index is 333. The average molecular weight is 178 g/mol. The van der Waals surface area contributed by atoms with Crippen molar-refractivity contribution in [3.63, 3.8) is 0 Å². The van der Waals surface area contributed by atoms with Crippen LogP contribution in [0.5, 0.6) is 0 Å². The van der Waals surface area contributed by atoms with Gasteiger partial charge in [-0.1, -0.05) is 13.8 Å². The minimum Gasteiger partial charge on any atom is -0.369 e. The fraction of sp³-hybridized carbons (Fsp3) is 0.556. The number of hydrogen-bond donors (Lipinski definition) is 2. The van der Waals surface area contributed by atoms with Crippen molar-refractivity contribution in [3.05, 3.63) is 11.3 Å². The van der Waals surface area contributed by atoms with Gasteiger partial charge in [0.1, 0.15) is 5.82 Å². The molecule has 0 radical (unpaired) electrons. The van der Waals surface area contributed by atoms with E-state index in [2.05, 4.69) is 29.1 Å². The van der Waals surface area contributed by atoms with Gasteiger partial charge in [0.25, 0.3) is 0 Å². The zero-order valence-corrected chi connectivity index (χ0v) is 7.96. The first-order valence-corrected chi connectivity index (χ1v) is 4.58. The largest absolute Gasteiger partial charge is 0.369 e. The zero-order chi connectivity index (χ0) is 9.42. The molecule has 0 saturated carbocycles. The van der Waals surface area contributed by atoms with Gasteiger partial charge in [0.05, 0.1) is 5.69 Å². The molecule has 1 aromatic heterocycles. The number of anilines is 2. The van der Waals surface area contributed by atoms with E-state index >= 15 is 0 Å². The summed E-state index contributed by atoms with van der Waals surface area (Å²) >= 11 is 0. The van der Waals surface area contributed by atoms with Crippen LogP contribution in [0.4, 0.5) is 11.8 Å². The summed E-state index contributed by atoms with van der Waals surface area (Å²) in [6.07, 6.45) is 1.02. The Morgan fingerprint density at radius 1 is 1.38 bits per heavy atom. The normalized spacial score (nSPS) is 14.4. The molecule has 1 aromatic rings. The number of hydrogen-bond acceptors (Lipinski definition) is 4. The molecule has 0 amide bonds. The van der Waals surface area contributed by atoms with E-state index in [1.165, 1.54) is 5.56 Å². The van der Waals surface area contributed by atoms with E-state index in [4.69, 9.17) is 5.73 Å². The molecule has 2 heterocycles. The minimum atomic E-state index is 0.372. The van der Waals surface area contributed by atoms with Gasteiger partial charge in [0, 0.05) is 12.1 Å². The highest BCUT2D eigenvalue weighted by molar-refractivity contribution is 5.54. The second kappa shape index (κ2) is 2.87. The van der Waals surface area contributed by atoms with Gasteiger partial charge in [-0.2, -0.15) is 4.98 Å². The molecule has 0 fully saturated rings. The summed E-state index contributed by atoms with van der Waals surface area (Å²) < 4.78 is 0. The summed E-state index contributed by atoms with van der Waals surface area (Å²) in [5.74, 6) is 1.71. The van der Waals surface area contributed by atoms with Crippen LogP contribution in [0.15, 0.2) is 0 Å². The summed E-state index contributed by atoms with van der Waals surface area (Å²) in [6.45, 7) is 5.20. The molecule has 0 atom stereocenters. The van der Waals surface area contributed by atoms with Gasteiger partial charge in [0.2, 0.25) is 5.95 Å². The quantitative estimate of drug-likeness (QED) is 0.677. The number of nitrogens with one attached hydrogen (secondary N) is 1. The van der Waals surface area contributed by atoms with Crippen LogP contribution in [0.1, 0.15) is 31.0 Å². The summed E-state index contributed by atoms with van der Waals surface area (Å²) in [7, 11) is 0. The molecule has 0 saturated heterocycles. The second-order valence-electron chi connectivity index (χ2n) is 3.63. The number of fused-ring (bicyclic) bond motifs is 1. The number of aromatic nitrogens is 2. The fourth-order valence-electron chi connectivity index (χ4n) is 1.70. The molecule has 3 N–H and O–H groups in total. The minimum absolute atomic E-state index is 0.372. The third kappa shape index (κ3) is 1.32. The maximum Gasteiger partial charge on any atom is 0.222 e. The first kappa shape index (κ1) is 8.29. The first-order chi connectivity index (χ1) is 6.18. The van der Waals surface area contributed by atoms with E-state index in [1.54, 1.807) is 0 Å². The van der Waals surface area contributed by atoms with Crippen molar-refractivity contribution >= 4 is 11.8 Å². The lowest BCUT2D eigenvalue weighted by Gasteiger charge is -2.09. The molecule has 1 aliphatic rings. The molecular weight excluding hydrogens is 164 g/mol. The zero-order valence-electron chi connectivity index (χ0n) is 7.96. The van der Waals surface area contributed by atoms with Gasteiger partial charge in [-0.3, -0.25) is 0 Å². The van der Waals surface area contributed by atoms with Gasteiger partial charge in [0.15, 0.2) is 0 Å². The van der Waals surface area contributed by atoms with Crippen molar-refractivity contribution in [2.75, 3.05) is 17.6 Å². The summed E-state index contributed by atoms with van der Waals surface area (Å²) in [5, 5.41) is 3.21. The molecule has 4 heteroatoms. The maximum atomic E-state index is 5.61. The third-order valence-electron chi connectivity index (χ3n) is 2.27. The van der Waals surface area contributed by atoms with Crippen LogP contribution in [0.2, 0.25) is 0 Å². The fourth-order valence-corrected chi connectivity index (χ4v) is 1.70. The molecule has 0 unspecified atom stereocenters. The smallest absolute Gasteiger partial charge is 0.222 e. The number of nitrogens with zero attached hydrogens (tertiary/aromatic N) is 2. The molecule has 4 nitrogen and oxygen atoms in total. The number of rotatable bonds is 1. The Morgan fingerprint density at radius 2 is 2.15 bits per heavy atom. The lowest BCUT2D eigenvalue weighted by Crippen LogP contribution is -2.05. The molecule has 13 heavy (non-hydrogen) atoms. The highest BCUT2D eigenvalue weighted by Gasteiger charge is 2.19. The van der Waals surface area contributed by atoms with Crippen LogP contribution in [0, 0.1) is 0 Å². The van der Waals surface area contributed by atoms with Crippen molar-refractivity contribution in [2.45, 2.75) is 26.2 Å². The van der Waals surface area contributed by atoms with Crippen LogP contribution >= 0.6 is 0 Å². The third-order valence-corrected chi connectivity index (χ3v) is 2.27. The molecule has 2 rings (SSSR count). The molecule has 1 aliphatic heterocycles. The van der Waals surface area contributed by atoms with Crippen LogP contribution in [-0.2, 0) is 6.42 Å². The Morgan fingerprint density at radius 3 is 2.85 bits per heavy atom. The van der Waals surface area contributed by atoms with E-state index in [0.717, 1.165) is 24.5 Å². The molecular formula is C9H14N4. The Balaban J connectivity index is 2.55. The topological polar surface area (TPSA) is 63.8 Å². The molecule has 0 aromatic carbocycles. The predicted octanol–water partition coefficient (Wildman–Crippen LogP) is 1.15. The monoisotopic (exact) mass is 178 g/mol. The van der Waals surface area contributed by atoms with Crippen LogP contribution in [0.3, 0.4) is 0 Å². The lowest BCUT2D eigenvalue weighted by molar-refractivity contribution is 0.802. The van der Waals surface area contributed by atoms with Gasteiger partial charge in [-0.05, 0) is 12.3 Å². The van der Waals surface area contributed by atoms with Gasteiger partial charge in [-0.25, -0.2) is 4.98 Å². The van der Waals surface area contributed by atoms with Gasteiger partial charge in [-0.15, -0.1) is 0 Å². The Kier molecular flexibility index (Phi) is 1.83. The summed E-state index contributed by atoms with van der Waals surface area (Å²) in [6, 6.07) is 0. The molecule has 70 valence electrons. The molecule has 0 spiro atoms. The van der Waals surface area contributed by atoms with Crippen molar-refractivity contribution in [1.29, 1.82) is 0 Å². The molecule has 0 bridgehead atoms. The molecule has 0 aliphatic carbocycles. The SMILES string of the molecule is CC(C)c1nc(N)nc2c1CCN2. The highest BCUT2D eigenvalue weighted by atomic mass is 15.1. The van der Waals surface area contributed by atoms with Crippen molar-refractivity contribution in [2.24, 2.45) is 0 Å². The Labute approximate surface area is 77.6 Å². The van der Waals surface area contributed by atoms with E-state index in [1.807, 2.05) is 0 Å². The van der Waals surface area contributed by atoms with Crippen molar-refractivity contribution in [1.82, 2.24) is 9.97 Å². The maximum absolute atomic E-state index is 5.61.